The van der Waals surface area contributed by atoms with E-state index < -0.39 is 0 Å². The van der Waals surface area contributed by atoms with Crippen molar-refractivity contribution in [2.45, 2.75) is 40.3 Å². The molecular weight excluding hydrogens is 360 g/mol. The Morgan fingerprint density at radius 2 is 1.69 bits per heavy atom. The smallest absolute Gasteiger partial charge is 0.227 e. The topological polar surface area (TPSA) is 51.0 Å². The number of carbonyl (C=O) groups excluding carboxylic acids is 1. The largest absolute Gasteiger partial charge is 0.338 e. The van der Waals surface area contributed by atoms with Crippen LogP contribution in [0.3, 0.4) is 0 Å². The number of carbonyl (C=O) groups is 1. The van der Waals surface area contributed by atoms with Crippen LogP contribution in [0, 0.1) is 13.8 Å². The number of nitrogens with zero attached hydrogens (tertiary/aromatic N) is 4. The molecule has 0 aliphatic carbocycles. The Morgan fingerprint density at radius 3 is 2.45 bits per heavy atom. The molecule has 148 valence electrons. The molecule has 1 amide bonds. The number of rotatable bonds is 5. The number of hydrogen-bond donors (Lipinski definition) is 0. The van der Waals surface area contributed by atoms with Gasteiger partial charge in [0.25, 0.3) is 0 Å². The average Bonchev–Trinajstić information content (AvgIpc) is 3.07. The monoisotopic (exact) mass is 386 g/mol. The minimum absolute atomic E-state index is 0.0722. The molecule has 0 aliphatic rings. The maximum atomic E-state index is 13.0. The lowest BCUT2D eigenvalue weighted by Crippen LogP contribution is -2.29. The zero-order chi connectivity index (χ0) is 20.5. The number of fused-ring (bicyclic) bond motifs is 2. The van der Waals surface area contributed by atoms with Crippen molar-refractivity contribution in [3.63, 3.8) is 0 Å². The zero-order valence-corrected chi connectivity index (χ0v) is 17.4. The Morgan fingerprint density at radius 1 is 1.00 bits per heavy atom. The number of para-hydroxylation sites is 3. The fourth-order valence-corrected chi connectivity index (χ4v) is 4.02. The van der Waals surface area contributed by atoms with E-state index in [1.54, 1.807) is 4.90 Å². The second-order valence-electron chi connectivity index (χ2n) is 7.51. The van der Waals surface area contributed by atoms with Crippen LogP contribution in [0.1, 0.15) is 29.6 Å². The van der Waals surface area contributed by atoms with Gasteiger partial charge in [0.05, 0.1) is 29.5 Å². The van der Waals surface area contributed by atoms with Gasteiger partial charge in [-0.3, -0.25) is 9.78 Å². The minimum Gasteiger partial charge on any atom is -0.338 e. The number of aryl methyl sites for hydroxylation is 3. The highest BCUT2D eigenvalue weighted by molar-refractivity contribution is 5.86. The van der Waals surface area contributed by atoms with Crippen molar-refractivity contribution in [2.24, 2.45) is 0 Å². The highest BCUT2D eigenvalue weighted by Gasteiger charge is 2.18. The number of hydrogen-bond acceptors (Lipinski definition) is 3. The van der Waals surface area contributed by atoms with Crippen LogP contribution in [-0.2, 0) is 24.3 Å². The third kappa shape index (κ3) is 3.48. The van der Waals surface area contributed by atoms with Gasteiger partial charge >= 0.3 is 0 Å². The fraction of sp³-hybridized carbons (Fsp3) is 0.292. The molecule has 0 aliphatic heterocycles. The molecule has 29 heavy (non-hydrogen) atoms. The number of imidazole rings is 1. The van der Waals surface area contributed by atoms with Gasteiger partial charge in [0, 0.05) is 24.7 Å². The third-order valence-corrected chi connectivity index (χ3v) is 5.67. The molecular formula is C24H26N4O. The molecule has 4 rings (SSSR count). The molecule has 5 nitrogen and oxygen atoms in total. The van der Waals surface area contributed by atoms with E-state index in [1.807, 2.05) is 50.4 Å². The van der Waals surface area contributed by atoms with Gasteiger partial charge in [-0.1, -0.05) is 30.3 Å². The predicted molar refractivity (Wildman–Crippen MR) is 117 cm³/mol. The first-order valence-electron chi connectivity index (χ1n) is 10.0. The molecule has 0 saturated carbocycles. The maximum absolute atomic E-state index is 13.0. The second-order valence-corrected chi connectivity index (χ2v) is 7.51. The highest BCUT2D eigenvalue weighted by atomic mass is 16.2. The van der Waals surface area contributed by atoms with E-state index in [2.05, 4.69) is 30.5 Å². The summed E-state index contributed by atoms with van der Waals surface area (Å²) >= 11 is 0. The lowest BCUT2D eigenvalue weighted by atomic mass is 9.99. The van der Waals surface area contributed by atoms with Crippen molar-refractivity contribution in [1.29, 1.82) is 0 Å². The van der Waals surface area contributed by atoms with Crippen LogP contribution < -0.4 is 0 Å². The normalized spacial score (nSPS) is 11.3. The molecule has 5 heteroatoms. The molecule has 0 unspecified atom stereocenters. The summed E-state index contributed by atoms with van der Waals surface area (Å²) < 4.78 is 2.17. The van der Waals surface area contributed by atoms with E-state index in [4.69, 9.17) is 9.97 Å². The van der Waals surface area contributed by atoms with Crippen LogP contribution in [0.25, 0.3) is 21.9 Å². The molecule has 4 aromatic rings. The first-order valence-corrected chi connectivity index (χ1v) is 10.0. The molecule has 0 N–H and O–H groups in total. The Hall–Kier alpha value is -3.21. The summed E-state index contributed by atoms with van der Waals surface area (Å²) in [7, 11) is 1.85. The number of likely N-dealkylation sites (N-methyl/N-ethyl adjacent to an activating group) is 1. The third-order valence-electron chi connectivity index (χ3n) is 5.67. The first-order chi connectivity index (χ1) is 14.0. The molecule has 0 spiro atoms. The average molecular weight is 386 g/mol. The van der Waals surface area contributed by atoms with Gasteiger partial charge in [-0.25, -0.2) is 4.98 Å². The Balaban J connectivity index is 1.59. The van der Waals surface area contributed by atoms with E-state index in [-0.39, 0.29) is 5.91 Å². The van der Waals surface area contributed by atoms with Crippen LogP contribution in [0.4, 0.5) is 0 Å². The summed E-state index contributed by atoms with van der Waals surface area (Å²) in [6, 6.07) is 16.2. The van der Waals surface area contributed by atoms with Gasteiger partial charge in [-0.2, -0.15) is 0 Å². The lowest BCUT2D eigenvalue weighted by molar-refractivity contribution is -0.129. The van der Waals surface area contributed by atoms with Crippen LogP contribution in [-0.4, -0.2) is 32.4 Å². The Labute approximate surface area is 171 Å². The molecule has 2 aromatic heterocycles. The second kappa shape index (κ2) is 7.66. The van der Waals surface area contributed by atoms with Gasteiger partial charge in [0.15, 0.2) is 0 Å². The Kier molecular flexibility index (Phi) is 5.05. The van der Waals surface area contributed by atoms with Crippen LogP contribution in [0.2, 0.25) is 0 Å². The first kappa shape index (κ1) is 19.1. The van der Waals surface area contributed by atoms with Crippen LogP contribution in [0.15, 0.2) is 48.5 Å². The van der Waals surface area contributed by atoms with Crippen molar-refractivity contribution in [1.82, 2.24) is 19.4 Å². The van der Waals surface area contributed by atoms with Crippen molar-refractivity contribution in [2.75, 3.05) is 7.05 Å². The lowest BCUT2D eigenvalue weighted by Gasteiger charge is -2.19. The minimum atomic E-state index is 0.0722. The quantitative estimate of drug-likeness (QED) is 0.510. The molecule has 2 heterocycles. The van der Waals surface area contributed by atoms with Crippen LogP contribution in [0.5, 0.6) is 0 Å². The molecule has 0 fully saturated rings. The van der Waals surface area contributed by atoms with Crippen molar-refractivity contribution >= 4 is 27.8 Å². The maximum Gasteiger partial charge on any atom is 0.227 e. The van der Waals surface area contributed by atoms with Crippen molar-refractivity contribution < 1.29 is 4.79 Å². The van der Waals surface area contributed by atoms with E-state index in [0.29, 0.717) is 13.0 Å². The van der Waals surface area contributed by atoms with E-state index in [9.17, 15) is 4.79 Å². The summed E-state index contributed by atoms with van der Waals surface area (Å²) in [6.07, 6.45) is 0.346. The van der Waals surface area contributed by atoms with Crippen LogP contribution >= 0.6 is 0 Å². The fourth-order valence-electron chi connectivity index (χ4n) is 4.02. The number of pyridine rings is 1. The van der Waals surface area contributed by atoms with Gasteiger partial charge in [0.1, 0.15) is 5.82 Å². The number of aromatic nitrogens is 3. The standard InChI is InChI=1S/C24H26N4O/c1-5-28-22-13-9-8-12-21(22)26-23(28)15-27(4)24(29)14-19-16(2)18-10-6-7-11-20(18)25-17(19)3/h6-13H,5,14-15H2,1-4H3. The van der Waals surface area contributed by atoms with E-state index in [1.165, 1.54) is 0 Å². The van der Waals surface area contributed by atoms with Gasteiger partial charge in [-0.15, -0.1) is 0 Å². The predicted octanol–water partition coefficient (Wildman–Crippen LogP) is 4.42. The zero-order valence-electron chi connectivity index (χ0n) is 17.4. The molecule has 0 saturated heterocycles. The number of amides is 1. The molecule has 0 atom stereocenters. The van der Waals surface area contributed by atoms with E-state index >= 15 is 0 Å². The van der Waals surface area contributed by atoms with E-state index in [0.717, 1.165) is 51.1 Å². The number of benzene rings is 2. The molecule has 0 bridgehead atoms. The highest BCUT2D eigenvalue weighted by Crippen LogP contribution is 2.24. The Bertz CT molecular complexity index is 1210. The van der Waals surface area contributed by atoms with Crippen molar-refractivity contribution in [3.8, 4) is 0 Å². The summed E-state index contributed by atoms with van der Waals surface area (Å²) in [5, 5.41) is 1.11. The summed E-state index contributed by atoms with van der Waals surface area (Å²) in [5.41, 5.74) is 6.12. The van der Waals surface area contributed by atoms with Gasteiger partial charge in [0.2, 0.25) is 5.91 Å². The van der Waals surface area contributed by atoms with Gasteiger partial charge in [-0.05, 0) is 50.1 Å². The molecule has 0 radical (unpaired) electrons. The summed E-state index contributed by atoms with van der Waals surface area (Å²) in [6.45, 7) is 7.48. The van der Waals surface area contributed by atoms with Crippen molar-refractivity contribution in [3.05, 3.63) is 71.2 Å². The van der Waals surface area contributed by atoms with Gasteiger partial charge < -0.3 is 9.47 Å². The SMILES string of the molecule is CCn1c(CN(C)C(=O)Cc2c(C)nc3ccccc3c2C)nc2ccccc21. The summed E-state index contributed by atoms with van der Waals surface area (Å²) in [4.78, 5) is 24.2. The molecule has 2 aromatic carbocycles. The summed E-state index contributed by atoms with van der Waals surface area (Å²) in [5.74, 6) is 0.984.